The second-order valence-corrected chi connectivity index (χ2v) is 6.27. The molecule has 3 N–H and O–H groups in total. The van der Waals surface area contributed by atoms with Crippen molar-refractivity contribution >= 4 is 39.8 Å². The molecule has 134 valence electrons. The first kappa shape index (κ1) is 16.3. The summed E-state index contributed by atoms with van der Waals surface area (Å²) >= 11 is 0. The Labute approximate surface area is 147 Å². The Morgan fingerprint density at radius 2 is 2.08 bits per heavy atom. The number of hydrogen-bond acceptors (Lipinski definition) is 7. The second-order valence-electron chi connectivity index (χ2n) is 6.27. The summed E-state index contributed by atoms with van der Waals surface area (Å²) in [6.45, 7) is 4.05. The maximum Gasteiger partial charge on any atom is 0.374 e. The van der Waals surface area contributed by atoms with Crippen LogP contribution in [0.5, 0.6) is 0 Å². The van der Waals surface area contributed by atoms with Crippen LogP contribution in [-0.4, -0.2) is 57.8 Å². The molecule has 4 rings (SSSR count). The largest absolute Gasteiger partial charge is 0.478 e. The van der Waals surface area contributed by atoms with E-state index in [2.05, 4.69) is 15.3 Å². The number of carboxylic acid groups (broad SMARTS) is 2. The van der Waals surface area contributed by atoms with Crippen molar-refractivity contribution < 1.29 is 24.2 Å². The van der Waals surface area contributed by atoms with Gasteiger partial charge in [-0.15, -0.1) is 0 Å². The molecule has 1 saturated heterocycles. The molecule has 1 aromatic carbocycles. The summed E-state index contributed by atoms with van der Waals surface area (Å²) in [4.78, 5) is 33.0. The molecule has 9 heteroatoms. The predicted molar refractivity (Wildman–Crippen MR) is 92.9 cm³/mol. The number of furan rings is 1. The average Bonchev–Trinajstić information content (AvgIpc) is 2.98. The Morgan fingerprint density at radius 3 is 2.77 bits per heavy atom. The van der Waals surface area contributed by atoms with E-state index in [1.54, 1.807) is 6.07 Å². The first-order valence-corrected chi connectivity index (χ1v) is 8.13. The van der Waals surface area contributed by atoms with Crippen LogP contribution >= 0.6 is 0 Å². The Bertz CT molecular complexity index is 1040. The van der Waals surface area contributed by atoms with Gasteiger partial charge in [-0.2, -0.15) is 0 Å². The van der Waals surface area contributed by atoms with Crippen molar-refractivity contribution in [2.24, 2.45) is 0 Å². The summed E-state index contributed by atoms with van der Waals surface area (Å²) in [5, 5.41) is 22.4. The molecule has 0 bridgehead atoms. The summed E-state index contributed by atoms with van der Waals surface area (Å²) in [6, 6.07) is 4.63. The predicted octanol–water partition coefficient (Wildman–Crippen LogP) is 1.57. The number of carboxylic acids is 2. The van der Waals surface area contributed by atoms with Crippen LogP contribution in [0.15, 0.2) is 22.6 Å². The standard InChI is InChI=1S/C17H16N4O5/c1-8-7-21(5-4-18-8)15-13-12(19-14(20-15)17(24)25)10-6-9(16(22)23)2-3-11(10)26-13/h2-3,6,8,18H,4-5,7H2,1H3,(H,22,23)(H,24,25)/t8-/m0/s1. The van der Waals surface area contributed by atoms with Crippen molar-refractivity contribution in [2.75, 3.05) is 24.5 Å². The normalized spacial score (nSPS) is 17.7. The molecule has 0 spiro atoms. The van der Waals surface area contributed by atoms with Crippen molar-refractivity contribution in [2.45, 2.75) is 13.0 Å². The minimum absolute atomic E-state index is 0.0769. The number of aromatic carboxylic acids is 2. The number of benzene rings is 1. The highest BCUT2D eigenvalue weighted by Crippen LogP contribution is 2.34. The number of fused-ring (bicyclic) bond motifs is 3. The van der Waals surface area contributed by atoms with Crippen molar-refractivity contribution in [3.63, 3.8) is 0 Å². The zero-order chi connectivity index (χ0) is 18.4. The minimum Gasteiger partial charge on any atom is -0.478 e. The number of aromatic nitrogens is 2. The van der Waals surface area contributed by atoms with Gasteiger partial charge in [0.2, 0.25) is 5.82 Å². The molecule has 1 fully saturated rings. The van der Waals surface area contributed by atoms with Crippen molar-refractivity contribution in [1.29, 1.82) is 0 Å². The quantitative estimate of drug-likeness (QED) is 0.640. The molecule has 9 nitrogen and oxygen atoms in total. The Kier molecular flexibility index (Phi) is 3.73. The highest BCUT2D eigenvalue weighted by molar-refractivity contribution is 6.08. The van der Waals surface area contributed by atoms with Gasteiger partial charge in [0.15, 0.2) is 11.4 Å². The summed E-state index contributed by atoms with van der Waals surface area (Å²) in [5.41, 5.74) is 1.18. The molecule has 2 aromatic heterocycles. The molecule has 3 aromatic rings. The van der Waals surface area contributed by atoms with E-state index in [1.807, 2.05) is 11.8 Å². The molecule has 1 atom stereocenters. The minimum atomic E-state index is -1.25. The molecular weight excluding hydrogens is 340 g/mol. The summed E-state index contributed by atoms with van der Waals surface area (Å²) < 4.78 is 5.87. The van der Waals surface area contributed by atoms with Crippen LogP contribution < -0.4 is 10.2 Å². The fourth-order valence-electron chi connectivity index (χ4n) is 3.20. The van der Waals surface area contributed by atoms with Gasteiger partial charge in [0.25, 0.3) is 0 Å². The topological polar surface area (TPSA) is 129 Å². The van der Waals surface area contributed by atoms with E-state index in [4.69, 9.17) is 4.42 Å². The summed E-state index contributed by atoms with van der Waals surface area (Å²) in [7, 11) is 0. The van der Waals surface area contributed by atoms with Gasteiger partial charge in [0.1, 0.15) is 11.1 Å². The van der Waals surface area contributed by atoms with Crippen LogP contribution in [0.2, 0.25) is 0 Å². The fourth-order valence-corrected chi connectivity index (χ4v) is 3.20. The molecule has 0 aliphatic carbocycles. The van der Waals surface area contributed by atoms with Crippen LogP contribution in [-0.2, 0) is 0 Å². The first-order chi connectivity index (χ1) is 12.4. The van der Waals surface area contributed by atoms with Crippen molar-refractivity contribution in [1.82, 2.24) is 15.3 Å². The summed E-state index contributed by atoms with van der Waals surface area (Å²) in [6.07, 6.45) is 0. The third-order valence-corrected chi connectivity index (χ3v) is 4.40. The number of hydrogen-bond donors (Lipinski definition) is 3. The molecule has 3 heterocycles. The smallest absolute Gasteiger partial charge is 0.374 e. The molecule has 1 aliphatic rings. The van der Waals surface area contributed by atoms with E-state index in [0.29, 0.717) is 41.0 Å². The molecule has 0 unspecified atom stereocenters. The maximum absolute atomic E-state index is 11.5. The van der Waals surface area contributed by atoms with Gasteiger partial charge in [-0.25, -0.2) is 19.6 Å². The Hall–Kier alpha value is -3.20. The molecule has 0 radical (unpaired) electrons. The van der Waals surface area contributed by atoms with Gasteiger partial charge in [0.05, 0.1) is 5.56 Å². The zero-order valence-corrected chi connectivity index (χ0v) is 13.9. The van der Waals surface area contributed by atoms with Crippen LogP contribution in [0, 0.1) is 0 Å². The molecule has 1 aliphatic heterocycles. The fraction of sp³-hybridized carbons (Fsp3) is 0.294. The lowest BCUT2D eigenvalue weighted by Gasteiger charge is -2.32. The van der Waals surface area contributed by atoms with E-state index in [0.717, 1.165) is 6.54 Å². The molecule has 0 amide bonds. The van der Waals surface area contributed by atoms with Crippen LogP contribution in [0.1, 0.15) is 27.9 Å². The van der Waals surface area contributed by atoms with Gasteiger partial charge in [-0.05, 0) is 25.1 Å². The maximum atomic E-state index is 11.5. The second kappa shape index (κ2) is 5.95. The van der Waals surface area contributed by atoms with Crippen molar-refractivity contribution in [3.05, 3.63) is 29.6 Å². The van der Waals surface area contributed by atoms with E-state index >= 15 is 0 Å². The first-order valence-electron chi connectivity index (χ1n) is 8.13. The number of nitrogens with one attached hydrogen (secondary N) is 1. The highest BCUT2D eigenvalue weighted by atomic mass is 16.4. The third-order valence-electron chi connectivity index (χ3n) is 4.40. The lowest BCUT2D eigenvalue weighted by atomic mass is 10.1. The lowest BCUT2D eigenvalue weighted by Crippen LogP contribution is -2.49. The van der Waals surface area contributed by atoms with Crippen LogP contribution in [0.4, 0.5) is 5.82 Å². The van der Waals surface area contributed by atoms with E-state index < -0.39 is 11.9 Å². The van der Waals surface area contributed by atoms with E-state index in [9.17, 15) is 19.8 Å². The molecule has 26 heavy (non-hydrogen) atoms. The number of nitrogens with zero attached hydrogens (tertiary/aromatic N) is 3. The zero-order valence-electron chi connectivity index (χ0n) is 13.9. The lowest BCUT2D eigenvalue weighted by molar-refractivity contribution is 0.0678. The number of piperazine rings is 1. The van der Waals surface area contributed by atoms with E-state index in [1.165, 1.54) is 12.1 Å². The van der Waals surface area contributed by atoms with Gasteiger partial charge in [0, 0.05) is 31.1 Å². The Balaban J connectivity index is 1.99. The van der Waals surface area contributed by atoms with Gasteiger partial charge in [-0.3, -0.25) is 0 Å². The summed E-state index contributed by atoms with van der Waals surface area (Å²) in [5.74, 6) is -2.26. The van der Waals surface area contributed by atoms with E-state index in [-0.39, 0.29) is 17.4 Å². The highest BCUT2D eigenvalue weighted by Gasteiger charge is 2.25. The van der Waals surface area contributed by atoms with Crippen molar-refractivity contribution in [3.8, 4) is 0 Å². The van der Waals surface area contributed by atoms with Gasteiger partial charge < -0.3 is 24.8 Å². The van der Waals surface area contributed by atoms with Crippen LogP contribution in [0.3, 0.4) is 0 Å². The van der Waals surface area contributed by atoms with Gasteiger partial charge in [-0.1, -0.05) is 0 Å². The molecule has 0 saturated carbocycles. The number of rotatable bonds is 3. The van der Waals surface area contributed by atoms with Gasteiger partial charge >= 0.3 is 11.9 Å². The molecular formula is C17H16N4O5. The number of anilines is 1. The van der Waals surface area contributed by atoms with Crippen LogP contribution in [0.25, 0.3) is 22.1 Å². The SMILES string of the molecule is C[C@H]1CN(c2nc(C(=O)O)nc3c2oc2ccc(C(=O)O)cc23)CCN1. The average molecular weight is 356 g/mol. The monoisotopic (exact) mass is 356 g/mol. The number of carbonyl (C=O) groups is 2. The third kappa shape index (κ3) is 2.62. The Morgan fingerprint density at radius 1 is 1.27 bits per heavy atom.